The Hall–Kier alpha value is -2.16. The Morgan fingerprint density at radius 1 is 1.15 bits per heavy atom. The van der Waals surface area contributed by atoms with E-state index in [1.165, 1.54) is 12.1 Å². The zero-order valence-corrected chi connectivity index (χ0v) is 11.5. The van der Waals surface area contributed by atoms with Gasteiger partial charge in [-0.05, 0) is 36.6 Å². The van der Waals surface area contributed by atoms with Gasteiger partial charge in [0.1, 0.15) is 5.82 Å². The van der Waals surface area contributed by atoms with Crippen LogP contribution in [0.4, 0.5) is 4.39 Å². The van der Waals surface area contributed by atoms with Crippen molar-refractivity contribution in [2.24, 2.45) is 0 Å². The van der Waals surface area contributed by atoms with Gasteiger partial charge in [-0.1, -0.05) is 42.5 Å². The number of amides is 1. The molecule has 2 rings (SSSR count). The molecule has 1 amide bonds. The fraction of sp³-hybridized carbons (Fsp3) is 0.235. The van der Waals surface area contributed by atoms with Gasteiger partial charge < -0.3 is 5.32 Å². The summed E-state index contributed by atoms with van der Waals surface area (Å²) in [5.41, 5.74) is 1.92. The lowest BCUT2D eigenvalue weighted by atomic mass is 10.1. The molecule has 0 spiro atoms. The quantitative estimate of drug-likeness (QED) is 0.884. The molecule has 2 aromatic rings. The number of hydrogen-bond donors (Lipinski definition) is 1. The van der Waals surface area contributed by atoms with Crippen molar-refractivity contribution in [3.63, 3.8) is 0 Å². The third kappa shape index (κ3) is 4.19. The van der Waals surface area contributed by atoms with Gasteiger partial charge in [-0.25, -0.2) is 4.39 Å². The molecule has 0 saturated carbocycles. The number of halogens is 1. The largest absolute Gasteiger partial charge is 0.350 e. The third-order valence-corrected chi connectivity index (χ3v) is 3.21. The molecule has 20 heavy (non-hydrogen) atoms. The van der Waals surface area contributed by atoms with Gasteiger partial charge in [0.15, 0.2) is 0 Å². The molecule has 1 atom stereocenters. The average Bonchev–Trinajstić information content (AvgIpc) is 2.46. The maximum absolute atomic E-state index is 13.0. The Kier molecular flexibility index (Phi) is 4.88. The fourth-order valence-electron chi connectivity index (χ4n) is 2.09. The summed E-state index contributed by atoms with van der Waals surface area (Å²) in [6.07, 6.45) is 0.908. The molecule has 0 aromatic heterocycles. The van der Waals surface area contributed by atoms with Crippen molar-refractivity contribution in [2.45, 2.75) is 25.8 Å². The molecule has 0 aliphatic heterocycles. The number of carbonyl (C=O) groups is 1. The SMILES string of the molecule is CC(NC(=O)CCc1cccc(F)c1)c1ccccc1. The molecule has 2 aromatic carbocycles. The third-order valence-electron chi connectivity index (χ3n) is 3.21. The first-order valence-corrected chi connectivity index (χ1v) is 6.74. The molecule has 1 unspecified atom stereocenters. The van der Waals surface area contributed by atoms with Crippen LogP contribution in [0.2, 0.25) is 0 Å². The number of nitrogens with one attached hydrogen (secondary N) is 1. The van der Waals surface area contributed by atoms with Crippen LogP contribution in [-0.4, -0.2) is 5.91 Å². The lowest BCUT2D eigenvalue weighted by molar-refractivity contribution is -0.121. The van der Waals surface area contributed by atoms with E-state index in [0.717, 1.165) is 11.1 Å². The zero-order chi connectivity index (χ0) is 14.4. The Balaban J connectivity index is 1.84. The first-order chi connectivity index (χ1) is 9.65. The van der Waals surface area contributed by atoms with Gasteiger partial charge >= 0.3 is 0 Å². The number of aryl methyl sites for hydroxylation is 1. The van der Waals surface area contributed by atoms with Crippen LogP contribution in [0.25, 0.3) is 0 Å². The molecule has 0 bridgehead atoms. The number of carbonyl (C=O) groups excluding carboxylic acids is 1. The van der Waals surface area contributed by atoms with E-state index in [-0.39, 0.29) is 17.8 Å². The summed E-state index contributed by atoms with van der Waals surface area (Å²) in [5, 5.41) is 2.95. The van der Waals surface area contributed by atoms with E-state index in [1.807, 2.05) is 43.3 Å². The van der Waals surface area contributed by atoms with Crippen molar-refractivity contribution in [3.05, 3.63) is 71.5 Å². The van der Waals surface area contributed by atoms with Gasteiger partial charge in [-0.2, -0.15) is 0 Å². The molecule has 0 heterocycles. The lowest BCUT2D eigenvalue weighted by Gasteiger charge is -2.14. The number of hydrogen-bond acceptors (Lipinski definition) is 1. The summed E-state index contributed by atoms with van der Waals surface area (Å²) in [6, 6.07) is 16.2. The van der Waals surface area contributed by atoms with E-state index < -0.39 is 0 Å². The monoisotopic (exact) mass is 271 g/mol. The summed E-state index contributed by atoms with van der Waals surface area (Å²) >= 11 is 0. The van der Waals surface area contributed by atoms with Crippen molar-refractivity contribution in [1.82, 2.24) is 5.32 Å². The maximum Gasteiger partial charge on any atom is 0.220 e. The van der Waals surface area contributed by atoms with Crippen LogP contribution in [0, 0.1) is 5.82 Å². The van der Waals surface area contributed by atoms with Crippen molar-refractivity contribution >= 4 is 5.91 Å². The van der Waals surface area contributed by atoms with Gasteiger partial charge in [0.05, 0.1) is 6.04 Å². The molecule has 2 nitrogen and oxygen atoms in total. The highest BCUT2D eigenvalue weighted by atomic mass is 19.1. The van der Waals surface area contributed by atoms with Crippen LogP contribution in [0.15, 0.2) is 54.6 Å². The minimum absolute atomic E-state index is 0.0174. The smallest absolute Gasteiger partial charge is 0.220 e. The lowest BCUT2D eigenvalue weighted by Crippen LogP contribution is -2.26. The molecule has 0 radical (unpaired) electrons. The fourth-order valence-corrected chi connectivity index (χ4v) is 2.09. The van der Waals surface area contributed by atoms with Crippen LogP contribution in [-0.2, 0) is 11.2 Å². The van der Waals surface area contributed by atoms with Gasteiger partial charge in [-0.15, -0.1) is 0 Å². The molecule has 0 aliphatic carbocycles. The van der Waals surface area contributed by atoms with Crippen LogP contribution < -0.4 is 5.32 Å². The topological polar surface area (TPSA) is 29.1 Å². The molecule has 0 fully saturated rings. The Bertz CT molecular complexity index is 568. The summed E-state index contributed by atoms with van der Waals surface area (Å²) in [4.78, 5) is 11.9. The van der Waals surface area contributed by atoms with Crippen molar-refractivity contribution in [3.8, 4) is 0 Å². The number of rotatable bonds is 5. The van der Waals surface area contributed by atoms with Crippen molar-refractivity contribution < 1.29 is 9.18 Å². The molecule has 104 valence electrons. The van der Waals surface area contributed by atoms with Crippen molar-refractivity contribution in [1.29, 1.82) is 0 Å². The second kappa shape index (κ2) is 6.85. The highest BCUT2D eigenvalue weighted by Gasteiger charge is 2.09. The standard InChI is InChI=1S/C17H18FNO/c1-13(15-7-3-2-4-8-15)19-17(20)11-10-14-6-5-9-16(18)12-14/h2-9,12-13H,10-11H2,1H3,(H,19,20). The molecule has 3 heteroatoms. The van der Waals surface area contributed by atoms with Crippen LogP contribution in [0.3, 0.4) is 0 Å². The summed E-state index contributed by atoms with van der Waals surface area (Å²) in [7, 11) is 0. The number of benzene rings is 2. The summed E-state index contributed by atoms with van der Waals surface area (Å²) < 4.78 is 13.0. The normalized spacial score (nSPS) is 11.9. The first-order valence-electron chi connectivity index (χ1n) is 6.74. The van der Waals surface area contributed by atoms with Gasteiger partial charge in [0, 0.05) is 6.42 Å². The van der Waals surface area contributed by atoms with Gasteiger partial charge in [0.25, 0.3) is 0 Å². The highest BCUT2D eigenvalue weighted by Crippen LogP contribution is 2.12. The maximum atomic E-state index is 13.0. The van der Waals surface area contributed by atoms with Crippen LogP contribution in [0.1, 0.15) is 30.5 Å². The molecule has 0 saturated heterocycles. The van der Waals surface area contributed by atoms with E-state index in [1.54, 1.807) is 6.07 Å². The van der Waals surface area contributed by atoms with Crippen LogP contribution in [0.5, 0.6) is 0 Å². The second-order valence-electron chi connectivity index (χ2n) is 4.83. The molecule has 0 aliphatic rings. The van der Waals surface area contributed by atoms with Gasteiger partial charge in [-0.3, -0.25) is 4.79 Å². The van der Waals surface area contributed by atoms with Crippen molar-refractivity contribution in [2.75, 3.05) is 0 Å². The summed E-state index contributed by atoms with van der Waals surface area (Å²) in [6.45, 7) is 1.95. The van der Waals surface area contributed by atoms with E-state index >= 15 is 0 Å². The molecular weight excluding hydrogens is 253 g/mol. The predicted molar refractivity (Wildman–Crippen MR) is 77.7 cm³/mol. The Morgan fingerprint density at radius 3 is 2.60 bits per heavy atom. The second-order valence-corrected chi connectivity index (χ2v) is 4.83. The Labute approximate surface area is 118 Å². The minimum atomic E-state index is -0.263. The zero-order valence-electron chi connectivity index (χ0n) is 11.5. The predicted octanol–water partition coefficient (Wildman–Crippen LogP) is 3.64. The molecular formula is C17H18FNO. The van der Waals surface area contributed by atoms with E-state index in [2.05, 4.69) is 5.32 Å². The van der Waals surface area contributed by atoms with E-state index in [9.17, 15) is 9.18 Å². The Morgan fingerprint density at radius 2 is 1.90 bits per heavy atom. The molecule has 1 N–H and O–H groups in total. The van der Waals surface area contributed by atoms with E-state index in [4.69, 9.17) is 0 Å². The van der Waals surface area contributed by atoms with Crippen LogP contribution >= 0.6 is 0 Å². The minimum Gasteiger partial charge on any atom is -0.350 e. The first kappa shape index (κ1) is 14.3. The summed E-state index contributed by atoms with van der Waals surface area (Å²) in [5.74, 6) is -0.286. The van der Waals surface area contributed by atoms with E-state index in [0.29, 0.717) is 12.8 Å². The average molecular weight is 271 g/mol. The van der Waals surface area contributed by atoms with Gasteiger partial charge in [0.2, 0.25) is 5.91 Å². The highest BCUT2D eigenvalue weighted by molar-refractivity contribution is 5.76.